The Hall–Kier alpha value is -3.54. The summed E-state index contributed by atoms with van der Waals surface area (Å²) in [6, 6.07) is 14.0. The summed E-state index contributed by atoms with van der Waals surface area (Å²) < 4.78 is 57.9. The van der Waals surface area contributed by atoms with Gasteiger partial charge in [-0.2, -0.15) is 0 Å². The van der Waals surface area contributed by atoms with Crippen LogP contribution < -0.4 is 0 Å². The van der Waals surface area contributed by atoms with Gasteiger partial charge in [-0.25, -0.2) is 22.5 Å². The molecular weight excluding hydrogens is 380 g/mol. The lowest BCUT2D eigenvalue weighted by molar-refractivity contribution is 0.418. The molecule has 0 saturated carbocycles. The van der Waals surface area contributed by atoms with Crippen LogP contribution in [0, 0.1) is 30.2 Å². The lowest BCUT2D eigenvalue weighted by atomic mass is 9.95. The molecule has 0 fully saturated rings. The minimum absolute atomic E-state index is 0.0153. The SMILES string of the molecule is Cc1cccc2c1c1ncc(-c3ccccc3)nc1c1c(F)c(F)c(F)c(F)c21. The molecule has 142 valence electrons. The smallest absolute Gasteiger partial charge is 0.198 e. The molecular formula is C23H12F4N2. The molecule has 0 aliphatic heterocycles. The summed E-state index contributed by atoms with van der Waals surface area (Å²) in [5, 5.41) is 0.0165. The van der Waals surface area contributed by atoms with Crippen molar-refractivity contribution in [2.75, 3.05) is 0 Å². The zero-order chi connectivity index (χ0) is 20.3. The third kappa shape index (κ3) is 2.42. The first-order valence-electron chi connectivity index (χ1n) is 8.88. The van der Waals surface area contributed by atoms with Crippen LogP contribution in [0.1, 0.15) is 5.56 Å². The minimum Gasteiger partial charge on any atom is -0.252 e. The van der Waals surface area contributed by atoms with Crippen LogP contribution in [0.3, 0.4) is 0 Å². The van der Waals surface area contributed by atoms with Crippen molar-refractivity contribution in [1.82, 2.24) is 9.97 Å². The van der Waals surface area contributed by atoms with E-state index in [1.54, 1.807) is 43.3 Å². The maximum absolute atomic E-state index is 14.9. The van der Waals surface area contributed by atoms with Crippen molar-refractivity contribution < 1.29 is 17.6 Å². The third-order valence-electron chi connectivity index (χ3n) is 5.12. The second kappa shape index (κ2) is 6.24. The van der Waals surface area contributed by atoms with E-state index in [-0.39, 0.29) is 16.3 Å². The summed E-state index contributed by atoms with van der Waals surface area (Å²) in [6.07, 6.45) is 1.53. The van der Waals surface area contributed by atoms with Crippen LogP contribution in [0.5, 0.6) is 0 Å². The minimum atomic E-state index is -1.87. The van der Waals surface area contributed by atoms with Gasteiger partial charge in [-0.3, -0.25) is 4.98 Å². The molecule has 6 heteroatoms. The Bertz CT molecular complexity index is 1450. The zero-order valence-corrected chi connectivity index (χ0v) is 15.1. The van der Waals surface area contributed by atoms with E-state index in [1.807, 2.05) is 6.07 Å². The average Bonchev–Trinajstić information content (AvgIpc) is 2.75. The number of fused-ring (bicyclic) bond motifs is 6. The fourth-order valence-electron chi connectivity index (χ4n) is 3.79. The molecule has 0 aliphatic carbocycles. The standard InChI is InChI=1S/C23H12F4N2/c1-11-6-5-9-13-15(11)22-23(17-16(13)18(24)20(26)21(27)19(17)25)29-14(10-28-22)12-7-3-2-4-8-12/h2-10H,1H3. The van der Waals surface area contributed by atoms with Crippen molar-refractivity contribution in [1.29, 1.82) is 0 Å². The van der Waals surface area contributed by atoms with E-state index >= 15 is 0 Å². The Balaban J connectivity index is 2.09. The Kier molecular flexibility index (Phi) is 3.77. The van der Waals surface area contributed by atoms with Gasteiger partial charge in [-0.1, -0.05) is 48.5 Å². The molecule has 1 aromatic heterocycles. The topological polar surface area (TPSA) is 25.8 Å². The largest absolute Gasteiger partial charge is 0.252 e. The number of hydrogen-bond acceptors (Lipinski definition) is 2. The van der Waals surface area contributed by atoms with Gasteiger partial charge in [0.15, 0.2) is 23.3 Å². The lowest BCUT2D eigenvalue weighted by Gasteiger charge is -2.14. The molecule has 5 rings (SSSR count). The number of benzene rings is 4. The third-order valence-corrected chi connectivity index (χ3v) is 5.12. The van der Waals surface area contributed by atoms with Gasteiger partial charge in [-0.15, -0.1) is 0 Å². The molecule has 5 aromatic rings. The molecule has 0 spiro atoms. The van der Waals surface area contributed by atoms with Gasteiger partial charge in [0.05, 0.1) is 22.8 Å². The fourth-order valence-corrected chi connectivity index (χ4v) is 3.79. The predicted molar refractivity (Wildman–Crippen MR) is 105 cm³/mol. The van der Waals surface area contributed by atoms with Gasteiger partial charge >= 0.3 is 0 Å². The van der Waals surface area contributed by atoms with Crippen LogP contribution in [-0.4, -0.2) is 9.97 Å². The van der Waals surface area contributed by atoms with Crippen LogP contribution in [0.2, 0.25) is 0 Å². The van der Waals surface area contributed by atoms with Gasteiger partial charge in [0.2, 0.25) is 0 Å². The Morgan fingerprint density at radius 1 is 0.655 bits per heavy atom. The van der Waals surface area contributed by atoms with Crippen molar-refractivity contribution in [2.24, 2.45) is 0 Å². The number of aromatic nitrogens is 2. The fraction of sp³-hybridized carbons (Fsp3) is 0.0435. The molecule has 0 N–H and O–H groups in total. The Morgan fingerprint density at radius 2 is 1.34 bits per heavy atom. The maximum atomic E-state index is 14.9. The summed E-state index contributed by atoms with van der Waals surface area (Å²) in [6.45, 7) is 1.79. The average molecular weight is 392 g/mol. The van der Waals surface area contributed by atoms with Crippen LogP contribution in [0.25, 0.3) is 43.8 Å². The van der Waals surface area contributed by atoms with E-state index in [9.17, 15) is 17.6 Å². The summed E-state index contributed by atoms with van der Waals surface area (Å²) in [7, 11) is 0. The first-order chi connectivity index (χ1) is 14.0. The van der Waals surface area contributed by atoms with Crippen molar-refractivity contribution >= 4 is 32.6 Å². The molecule has 0 unspecified atom stereocenters. The van der Waals surface area contributed by atoms with Gasteiger partial charge < -0.3 is 0 Å². The lowest BCUT2D eigenvalue weighted by Crippen LogP contribution is -2.02. The molecule has 0 radical (unpaired) electrons. The first kappa shape index (κ1) is 17.6. The van der Waals surface area contributed by atoms with E-state index in [0.717, 1.165) is 5.56 Å². The molecule has 0 atom stereocenters. The van der Waals surface area contributed by atoms with Crippen LogP contribution in [-0.2, 0) is 0 Å². The van der Waals surface area contributed by atoms with Crippen molar-refractivity contribution in [3.05, 3.63) is 83.6 Å². The number of aryl methyl sites for hydroxylation is 1. The molecule has 0 saturated heterocycles. The van der Waals surface area contributed by atoms with Gasteiger partial charge in [-0.05, 0) is 17.9 Å². The molecule has 0 bridgehead atoms. The quantitative estimate of drug-likeness (QED) is 0.141. The Labute approximate surface area is 162 Å². The monoisotopic (exact) mass is 392 g/mol. The highest BCUT2D eigenvalue weighted by atomic mass is 19.2. The van der Waals surface area contributed by atoms with Crippen LogP contribution in [0.4, 0.5) is 17.6 Å². The van der Waals surface area contributed by atoms with E-state index < -0.39 is 28.7 Å². The van der Waals surface area contributed by atoms with E-state index in [4.69, 9.17) is 0 Å². The van der Waals surface area contributed by atoms with Crippen LogP contribution >= 0.6 is 0 Å². The van der Waals surface area contributed by atoms with Crippen molar-refractivity contribution in [3.8, 4) is 11.3 Å². The first-order valence-corrected chi connectivity index (χ1v) is 8.88. The summed E-state index contributed by atoms with van der Waals surface area (Å²) in [4.78, 5) is 8.93. The van der Waals surface area contributed by atoms with Crippen LogP contribution in [0.15, 0.2) is 54.7 Å². The highest BCUT2D eigenvalue weighted by Gasteiger charge is 2.26. The van der Waals surface area contributed by atoms with Gasteiger partial charge in [0.25, 0.3) is 0 Å². The maximum Gasteiger partial charge on any atom is 0.198 e. The summed E-state index contributed by atoms with van der Waals surface area (Å²) in [5.41, 5.74) is 2.15. The van der Waals surface area contributed by atoms with Gasteiger partial charge in [0, 0.05) is 16.3 Å². The normalized spacial score (nSPS) is 11.6. The number of halogens is 4. The highest BCUT2D eigenvalue weighted by molar-refractivity contribution is 6.24. The van der Waals surface area contributed by atoms with Gasteiger partial charge in [0.1, 0.15) is 5.52 Å². The number of rotatable bonds is 1. The molecule has 1 heterocycles. The molecule has 0 aliphatic rings. The summed E-state index contributed by atoms with van der Waals surface area (Å²) >= 11 is 0. The number of nitrogens with zero attached hydrogens (tertiary/aromatic N) is 2. The van der Waals surface area contributed by atoms with E-state index in [0.29, 0.717) is 22.2 Å². The van der Waals surface area contributed by atoms with E-state index in [2.05, 4.69) is 9.97 Å². The molecule has 0 amide bonds. The highest BCUT2D eigenvalue weighted by Crippen LogP contribution is 2.39. The van der Waals surface area contributed by atoms with Crippen molar-refractivity contribution in [2.45, 2.75) is 6.92 Å². The second-order valence-corrected chi connectivity index (χ2v) is 6.82. The number of hydrogen-bond donors (Lipinski definition) is 0. The van der Waals surface area contributed by atoms with E-state index in [1.165, 1.54) is 12.3 Å². The summed E-state index contributed by atoms with van der Waals surface area (Å²) in [5.74, 6) is -6.63. The molecule has 4 aromatic carbocycles. The molecule has 29 heavy (non-hydrogen) atoms. The predicted octanol–water partition coefficient (Wildman–Crippen LogP) is 6.47. The zero-order valence-electron chi connectivity index (χ0n) is 15.1. The Morgan fingerprint density at radius 3 is 2.07 bits per heavy atom. The van der Waals surface area contributed by atoms with Crippen molar-refractivity contribution in [3.63, 3.8) is 0 Å². The second-order valence-electron chi connectivity index (χ2n) is 6.82. The molecule has 2 nitrogen and oxygen atoms in total.